The second-order valence-corrected chi connectivity index (χ2v) is 8.47. The Morgan fingerprint density at radius 1 is 1.04 bits per heavy atom. The van der Waals surface area contributed by atoms with Crippen LogP contribution < -0.4 is 0 Å². The summed E-state index contributed by atoms with van der Waals surface area (Å²) in [5, 5.41) is 4.43. The van der Waals surface area contributed by atoms with Crippen molar-refractivity contribution in [1.82, 2.24) is 19.6 Å². The van der Waals surface area contributed by atoms with Gasteiger partial charge in [-0.2, -0.15) is 5.10 Å². The molecule has 0 aliphatic carbocycles. The van der Waals surface area contributed by atoms with Crippen LogP contribution in [0.3, 0.4) is 0 Å². The molecule has 4 rings (SSSR count). The number of nitrogens with zero attached hydrogens (tertiary/aromatic N) is 4. The molecule has 0 saturated carbocycles. The third kappa shape index (κ3) is 4.02. The van der Waals surface area contributed by atoms with Gasteiger partial charge >= 0.3 is 0 Å². The van der Waals surface area contributed by atoms with E-state index in [1.54, 1.807) is 0 Å². The SMILES string of the molecule is CCn1cc(CN2CCC3(CCCN(Cc4cccc(C)c4)C3)C2)cn1. The first-order chi connectivity index (χ1) is 12.6. The maximum atomic E-state index is 4.43. The topological polar surface area (TPSA) is 24.3 Å². The van der Waals surface area contributed by atoms with Crippen LogP contribution in [0.4, 0.5) is 0 Å². The van der Waals surface area contributed by atoms with E-state index in [4.69, 9.17) is 0 Å². The van der Waals surface area contributed by atoms with E-state index in [2.05, 4.69) is 59.2 Å². The van der Waals surface area contributed by atoms with Crippen molar-refractivity contribution in [3.8, 4) is 0 Å². The van der Waals surface area contributed by atoms with Gasteiger partial charge in [0.05, 0.1) is 6.20 Å². The van der Waals surface area contributed by atoms with E-state index in [1.165, 1.54) is 62.1 Å². The fraction of sp³-hybridized carbons (Fsp3) is 0.591. The van der Waals surface area contributed by atoms with Crippen molar-refractivity contribution in [3.05, 3.63) is 53.3 Å². The highest BCUT2D eigenvalue weighted by atomic mass is 15.3. The second-order valence-electron chi connectivity index (χ2n) is 8.47. The zero-order valence-electron chi connectivity index (χ0n) is 16.3. The number of benzene rings is 1. The maximum Gasteiger partial charge on any atom is 0.0534 e. The summed E-state index contributed by atoms with van der Waals surface area (Å²) in [5.74, 6) is 0. The molecule has 2 aromatic rings. The highest BCUT2D eigenvalue weighted by Crippen LogP contribution is 2.39. The third-order valence-corrected chi connectivity index (χ3v) is 6.16. The van der Waals surface area contributed by atoms with Crippen molar-refractivity contribution in [2.45, 2.75) is 52.7 Å². The second kappa shape index (κ2) is 7.53. The van der Waals surface area contributed by atoms with Crippen LogP contribution in [0.2, 0.25) is 0 Å². The first-order valence-corrected chi connectivity index (χ1v) is 10.2. The first-order valence-electron chi connectivity index (χ1n) is 10.2. The molecule has 26 heavy (non-hydrogen) atoms. The highest BCUT2D eigenvalue weighted by Gasteiger charge is 2.41. The van der Waals surface area contributed by atoms with Gasteiger partial charge in [-0.05, 0) is 57.2 Å². The predicted molar refractivity (Wildman–Crippen MR) is 106 cm³/mol. The molecule has 0 radical (unpaired) electrons. The van der Waals surface area contributed by atoms with Gasteiger partial charge in [-0.1, -0.05) is 29.8 Å². The molecule has 4 heteroatoms. The van der Waals surface area contributed by atoms with E-state index in [0.717, 1.165) is 19.6 Å². The largest absolute Gasteiger partial charge is 0.298 e. The molecule has 1 aromatic heterocycles. The molecule has 3 heterocycles. The minimum atomic E-state index is 0.503. The van der Waals surface area contributed by atoms with Crippen LogP contribution in [0, 0.1) is 12.3 Å². The van der Waals surface area contributed by atoms with E-state index < -0.39 is 0 Å². The van der Waals surface area contributed by atoms with Crippen molar-refractivity contribution in [2.24, 2.45) is 5.41 Å². The van der Waals surface area contributed by atoms with Crippen LogP contribution in [0.5, 0.6) is 0 Å². The number of rotatable bonds is 5. The Labute approximate surface area is 157 Å². The lowest BCUT2D eigenvalue weighted by molar-refractivity contribution is 0.0866. The Morgan fingerprint density at radius 2 is 1.85 bits per heavy atom. The Morgan fingerprint density at radius 3 is 2.62 bits per heavy atom. The molecule has 2 aliphatic heterocycles. The molecule has 140 valence electrons. The lowest BCUT2D eigenvalue weighted by atomic mass is 9.79. The van der Waals surface area contributed by atoms with Gasteiger partial charge in [-0.3, -0.25) is 14.5 Å². The van der Waals surface area contributed by atoms with Crippen molar-refractivity contribution >= 4 is 0 Å². The number of aryl methyl sites for hydroxylation is 2. The lowest BCUT2D eigenvalue weighted by Gasteiger charge is -2.40. The minimum absolute atomic E-state index is 0.503. The van der Waals surface area contributed by atoms with Crippen molar-refractivity contribution in [3.63, 3.8) is 0 Å². The standard InChI is InChI=1S/C22H32N4/c1-3-26-16-21(13-23-26)15-25-11-9-22(18-25)8-5-10-24(17-22)14-20-7-4-6-19(2)12-20/h4,6-7,12-13,16H,3,5,8-11,14-15,17-18H2,1-2H3. The number of aromatic nitrogens is 2. The summed E-state index contributed by atoms with van der Waals surface area (Å²) in [6, 6.07) is 9.00. The molecule has 0 amide bonds. The number of hydrogen-bond acceptors (Lipinski definition) is 3. The van der Waals surface area contributed by atoms with Gasteiger partial charge in [0.2, 0.25) is 0 Å². The quantitative estimate of drug-likeness (QED) is 0.820. The Bertz CT molecular complexity index is 737. The Balaban J connectivity index is 1.36. The minimum Gasteiger partial charge on any atom is -0.298 e. The fourth-order valence-corrected chi connectivity index (χ4v) is 4.93. The van der Waals surface area contributed by atoms with Crippen molar-refractivity contribution in [1.29, 1.82) is 0 Å². The Kier molecular flexibility index (Phi) is 5.14. The number of hydrogen-bond donors (Lipinski definition) is 0. The van der Waals surface area contributed by atoms with Crippen LogP contribution in [0.1, 0.15) is 42.9 Å². The summed E-state index contributed by atoms with van der Waals surface area (Å²) in [4.78, 5) is 5.34. The highest BCUT2D eigenvalue weighted by molar-refractivity contribution is 5.22. The molecule has 0 bridgehead atoms. The van der Waals surface area contributed by atoms with Gasteiger partial charge in [0.15, 0.2) is 0 Å². The molecular weight excluding hydrogens is 320 g/mol. The molecule has 1 atom stereocenters. The van der Waals surface area contributed by atoms with Crippen molar-refractivity contribution in [2.75, 3.05) is 26.2 Å². The molecule has 2 saturated heterocycles. The smallest absolute Gasteiger partial charge is 0.0534 e. The van der Waals surface area contributed by atoms with Crippen molar-refractivity contribution < 1.29 is 0 Å². The molecule has 1 unspecified atom stereocenters. The predicted octanol–water partition coefficient (Wildman–Crippen LogP) is 3.70. The van der Waals surface area contributed by atoms with E-state index in [1.807, 2.05) is 10.9 Å². The van der Waals surface area contributed by atoms with Crippen LogP contribution in [0.15, 0.2) is 36.7 Å². The van der Waals surface area contributed by atoms with E-state index >= 15 is 0 Å². The fourth-order valence-electron chi connectivity index (χ4n) is 4.93. The average molecular weight is 353 g/mol. The maximum absolute atomic E-state index is 4.43. The summed E-state index contributed by atoms with van der Waals surface area (Å²) >= 11 is 0. The molecule has 2 aliphatic rings. The zero-order valence-corrected chi connectivity index (χ0v) is 16.3. The van der Waals surface area contributed by atoms with Crippen LogP contribution in [-0.2, 0) is 19.6 Å². The average Bonchev–Trinajstić information content (AvgIpc) is 3.23. The summed E-state index contributed by atoms with van der Waals surface area (Å²) in [6.45, 7) is 12.4. The van der Waals surface area contributed by atoms with Gasteiger partial charge in [0, 0.05) is 44.5 Å². The van der Waals surface area contributed by atoms with Gasteiger partial charge in [-0.25, -0.2) is 0 Å². The Hall–Kier alpha value is -1.65. The van der Waals surface area contributed by atoms with Crippen LogP contribution >= 0.6 is 0 Å². The summed E-state index contributed by atoms with van der Waals surface area (Å²) < 4.78 is 2.03. The molecule has 2 fully saturated rings. The van der Waals surface area contributed by atoms with Gasteiger partial charge < -0.3 is 0 Å². The van der Waals surface area contributed by atoms with Gasteiger partial charge in [-0.15, -0.1) is 0 Å². The van der Waals surface area contributed by atoms with Crippen LogP contribution in [0.25, 0.3) is 0 Å². The molecule has 4 nitrogen and oxygen atoms in total. The molecular formula is C22H32N4. The van der Waals surface area contributed by atoms with E-state index in [-0.39, 0.29) is 0 Å². The van der Waals surface area contributed by atoms with Gasteiger partial charge in [0.1, 0.15) is 0 Å². The molecule has 1 spiro atoms. The zero-order chi connectivity index (χ0) is 18.0. The van der Waals surface area contributed by atoms with E-state index in [9.17, 15) is 0 Å². The molecule has 0 N–H and O–H groups in total. The normalized spacial score (nSPS) is 24.5. The lowest BCUT2D eigenvalue weighted by Crippen LogP contribution is -2.44. The number of likely N-dealkylation sites (tertiary alicyclic amines) is 2. The van der Waals surface area contributed by atoms with Crippen LogP contribution in [-0.4, -0.2) is 45.8 Å². The summed E-state index contributed by atoms with van der Waals surface area (Å²) in [7, 11) is 0. The monoisotopic (exact) mass is 352 g/mol. The number of piperidine rings is 1. The summed E-state index contributed by atoms with van der Waals surface area (Å²) in [5.41, 5.74) is 4.69. The van der Waals surface area contributed by atoms with Gasteiger partial charge in [0.25, 0.3) is 0 Å². The summed E-state index contributed by atoms with van der Waals surface area (Å²) in [6.07, 6.45) is 8.32. The first kappa shape index (κ1) is 17.7. The third-order valence-electron chi connectivity index (χ3n) is 6.16. The van der Waals surface area contributed by atoms with E-state index in [0.29, 0.717) is 5.41 Å². The molecule has 1 aromatic carbocycles.